The van der Waals surface area contributed by atoms with Crippen LogP contribution in [-0.2, 0) is 4.79 Å². The van der Waals surface area contributed by atoms with Crippen LogP contribution >= 0.6 is 0 Å². The molecule has 0 aromatic rings. The number of carboxylic acid groups (broad SMARTS) is 1. The van der Waals surface area contributed by atoms with Gasteiger partial charge in [-0.3, -0.25) is 0 Å². The summed E-state index contributed by atoms with van der Waals surface area (Å²) in [5, 5.41) is 16.5. The molecule has 3 nitrogen and oxygen atoms in total. The lowest BCUT2D eigenvalue weighted by Gasteiger charge is -2.01. The van der Waals surface area contributed by atoms with Crippen molar-refractivity contribution in [2.24, 2.45) is 0 Å². The Bertz CT molecular complexity index is 213. The van der Waals surface area contributed by atoms with Gasteiger partial charge in [0.15, 0.2) is 0 Å². The van der Waals surface area contributed by atoms with E-state index in [0.29, 0.717) is 6.61 Å². The second-order valence-electron chi connectivity index (χ2n) is 5.70. The Morgan fingerprint density at radius 1 is 0.810 bits per heavy atom. The number of unbranched alkanes of at least 4 members (excludes halogenated alkanes) is 11. The molecule has 0 aliphatic carbocycles. The Balaban J connectivity index is 0. The van der Waals surface area contributed by atoms with E-state index in [1.54, 1.807) is 0 Å². The van der Waals surface area contributed by atoms with Crippen molar-refractivity contribution in [3.8, 4) is 0 Å². The SMILES string of the molecule is C=C(C)C(=O)O.CCCCCCCCCCCCCCO. The van der Waals surface area contributed by atoms with Gasteiger partial charge in [-0.25, -0.2) is 4.79 Å². The second kappa shape index (κ2) is 19.2. The highest BCUT2D eigenvalue weighted by molar-refractivity contribution is 5.84. The van der Waals surface area contributed by atoms with Gasteiger partial charge in [0, 0.05) is 12.2 Å². The molecule has 0 radical (unpaired) electrons. The van der Waals surface area contributed by atoms with E-state index in [0.717, 1.165) is 6.42 Å². The van der Waals surface area contributed by atoms with Gasteiger partial charge in [0.25, 0.3) is 0 Å². The van der Waals surface area contributed by atoms with Crippen LogP contribution in [0.25, 0.3) is 0 Å². The molecule has 0 spiro atoms. The molecular weight excluding hydrogens is 264 g/mol. The summed E-state index contributed by atoms with van der Waals surface area (Å²) in [6, 6.07) is 0. The predicted molar refractivity (Wildman–Crippen MR) is 90.6 cm³/mol. The van der Waals surface area contributed by atoms with Crippen molar-refractivity contribution in [1.29, 1.82) is 0 Å². The summed E-state index contributed by atoms with van der Waals surface area (Å²) in [6.07, 6.45) is 16.2. The first-order chi connectivity index (χ1) is 10.1. The topological polar surface area (TPSA) is 57.5 Å². The van der Waals surface area contributed by atoms with Crippen molar-refractivity contribution in [3.05, 3.63) is 12.2 Å². The minimum absolute atomic E-state index is 0.176. The summed E-state index contributed by atoms with van der Waals surface area (Å²) < 4.78 is 0. The maximum Gasteiger partial charge on any atom is 0.330 e. The summed E-state index contributed by atoms with van der Waals surface area (Å²) >= 11 is 0. The van der Waals surface area contributed by atoms with Crippen molar-refractivity contribution in [2.75, 3.05) is 6.61 Å². The number of hydrogen-bond donors (Lipinski definition) is 2. The first kappa shape index (κ1) is 22.5. The van der Waals surface area contributed by atoms with Gasteiger partial charge in [-0.2, -0.15) is 0 Å². The number of aliphatic hydroxyl groups excluding tert-OH is 1. The number of rotatable bonds is 13. The van der Waals surface area contributed by atoms with Crippen LogP contribution in [-0.4, -0.2) is 22.8 Å². The zero-order chi connectivity index (χ0) is 16.3. The third-order valence-electron chi connectivity index (χ3n) is 3.38. The van der Waals surface area contributed by atoms with E-state index >= 15 is 0 Å². The normalized spacial score (nSPS) is 9.86. The van der Waals surface area contributed by atoms with Crippen LogP contribution < -0.4 is 0 Å². The van der Waals surface area contributed by atoms with E-state index in [4.69, 9.17) is 10.2 Å². The van der Waals surface area contributed by atoms with Crippen LogP contribution in [0.15, 0.2) is 12.2 Å². The largest absolute Gasteiger partial charge is 0.478 e. The minimum Gasteiger partial charge on any atom is -0.478 e. The molecule has 2 N–H and O–H groups in total. The third-order valence-corrected chi connectivity index (χ3v) is 3.38. The molecule has 0 aromatic heterocycles. The smallest absolute Gasteiger partial charge is 0.330 e. The number of aliphatic carboxylic acids is 1. The molecule has 3 heteroatoms. The fourth-order valence-electron chi connectivity index (χ4n) is 1.95. The average molecular weight is 300 g/mol. The van der Waals surface area contributed by atoms with Gasteiger partial charge < -0.3 is 10.2 Å². The molecule has 21 heavy (non-hydrogen) atoms. The summed E-state index contributed by atoms with van der Waals surface area (Å²) in [6.45, 7) is 7.24. The van der Waals surface area contributed by atoms with Crippen LogP contribution in [0.1, 0.15) is 90.9 Å². The monoisotopic (exact) mass is 300 g/mol. The maximum atomic E-state index is 9.60. The molecule has 0 atom stereocenters. The fourth-order valence-corrected chi connectivity index (χ4v) is 1.95. The van der Waals surface area contributed by atoms with Crippen LogP contribution in [0.5, 0.6) is 0 Å². The molecule has 0 aromatic carbocycles. The second-order valence-corrected chi connectivity index (χ2v) is 5.70. The molecule has 0 rings (SSSR count). The Morgan fingerprint density at radius 3 is 1.33 bits per heavy atom. The molecule has 126 valence electrons. The van der Waals surface area contributed by atoms with Crippen molar-refractivity contribution < 1.29 is 15.0 Å². The quantitative estimate of drug-likeness (QED) is 0.357. The van der Waals surface area contributed by atoms with E-state index in [9.17, 15) is 4.79 Å². The molecule has 0 heterocycles. The van der Waals surface area contributed by atoms with Gasteiger partial charge in [-0.1, -0.05) is 84.1 Å². The van der Waals surface area contributed by atoms with Gasteiger partial charge >= 0.3 is 5.97 Å². The first-order valence-electron chi connectivity index (χ1n) is 8.55. The van der Waals surface area contributed by atoms with Crippen molar-refractivity contribution in [2.45, 2.75) is 90.9 Å². The number of carboxylic acids is 1. The first-order valence-corrected chi connectivity index (χ1v) is 8.55. The minimum atomic E-state index is -0.935. The summed E-state index contributed by atoms with van der Waals surface area (Å²) in [5.74, 6) is -0.935. The lowest BCUT2D eigenvalue weighted by molar-refractivity contribution is -0.132. The zero-order valence-electron chi connectivity index (χ0n) is 14.2. The predicted octanol–water partition coefficient (Wildman–Crippen LogP) is 5.33. The zero-order valence-corrected chi connectivity index (χ0v) is 14.2. The number of aliphatic hydroxyl groups is 1. The molecule has 0 bridgehead atoms. The molecule has 0 aliphatic heterocycles. The van der Waals surface area contributed by atoms with Crippen LogP contribution in [0, 0.1) is 0 Å². The van der Waals surface area contributed by atoms with E-state index in [2.05, 4.69) is 13.5 Å². The van der Waals surface area contributed by atoms with Crippen molar-refractivity contribution in [1.82, 2.24) is 0 Å². The number of hydrogen-bond acceptors (Lipinski definition) is 2. The lowest BCUT2D eigenvalue weighted by Crippen LogP contribution is -1.92. The summed E-state index contributed by atoms with van der Waals surface area (Å²) in [5.41, 5.74) is 0.176. The van der Waals surface area contributed by atoms with Gasteiger partial charge in [0.05, 0.1) is 0 Å². The van der Waals surface area contributed by atoms with E-state index < -0.39 is 5.97 Å². The summed E-state index contributed by atoms with van der Waals surface area (Å²) in [7, 11) is 0. The van der Waals surface area contributed by atoms with Crippen LogP contribution in [0.4, 0.5) is 0 Å². The highest BCUT2D eigenvalue weighted by Crippen LogP contribution is 2.11. The van der Waals surface area contributed by atoms with Crippen LogP contribution in [0.3, 0.4) is 0 Å². The standard InChI is InChI=1S/C14H30O.C4H6O2/c1-2-3-4-5-6-7-8-9-10-11-12-13-14-15;1-3(2)4(5)6/h15H,2-14H2,1H3;1H2,2H3,(H,5,6). The van der Waals surface area contributed by atoms with E-state index in [1.165, 1.54) is 77.6 Å². The molecule has 0 saturated carbocycles. The van der Waals surface area contributed by atoms with Gasteiger partial charge in [0.2, 0.25) is 0 Å². The lowest BCUT2D eigenvalue weighted by atomic mass is 10.1. The van der Waals surface area contributed by atoms with E-state index in [1.807, 2.05) is 0 Å². The van der Waals surface area contributed by atoms with Gasteiger partial charge in [0.1, 0.15) is 0 Å². The van der Waals surface area contributed by atoms with Gasteiger partial charge in [-0.15, -0.1) is 0 Å². The highest BCUT2D eigenvalue weighted by Gasteiger charge is 1.92. The Labute approximate surface area is 131 Å². The van der Waals surface area contributed by atoms with Crippen molar-refractivity contribution in [3.63, 3.8) is 0 Å². The average Bonchev–Trinajstić information content (AvgIpc) is 2.45. The Kier molecular flexibility index (Phi) is 20.5. The number of carbonyl (C=O) groups is 1. The maximum absolute atomic E-state index is 9.60. The third kappa shape index (κ3) is 24.6. The Hall–Kier alpha value is -0.830. The molecule has 0 unspecified atom stereocenters. The summed E-state index contributed by atoms with van der Waals surface area (Å²) in [4.78, 5) is 9.60. The van der Waals surface area contributed by atoms with Crippen LogP contribution in [0.2, 0.25) is 0 Å². The van der Waals surface area contributed by atoms with Gasteiger partial charge in [-0.05, 0) is 13.3 Å². The molecule has 0 amide bonds. The molecular formula is C18H36O3. The van der Waals surface area contributed by atoms with E-state index in [-0.39, 0.29) is 5.57 Å². The molecule has 0 aliphatic rings. The molecule has 0 saturated heterocycles. The fraction of sp³-hybridized carbons (Fsp3) is 0.833. The highest BCUT2D eigenvalue weighted by atomic mass is 16.4. The Morgan fingerprint density at radius 2 is 1.10 bits per heavy atom. The van der Waals surface area contributed by atoms with Crippen molar-refractivity contribution >= 4 is 5.97 Å². The molecule has 0 fully saturated rings.